The van der Waals surface area contributed by atoms with Gasteiger partial charge in [-0.05, 0) is 63.7 Å². The third-order valence-corrected chi connectivity index (χ3v) is 5.30. The van der Waals surface area contributed by atoms with Crippen molar-refractivity contribution in [1.82, 2.24) is 15.1 Å². The fraction of sp³-hybridized carbons (Fsp3) is 1.00. The molecule has 3 aliphatic rings. The molecule has 3 rings (SSSR count). The lowest BCUT2D eigenvalue weighted by molar-refractivity contribution is 0.0236. The summed E-state index contributed by atoms with van der Waals surface area (Å²) in [4.78, 5) is 5.34. The highest BCUT2D eigenvalue weighted by Crippen LogP contribution is 2.21. The van der Waals surface area contributed by atoms with Crippen molar-refractivity contribution in [2.45, 2.75) is 25.7 Å². The van der Waals surface area contributed by atoms with E-state index in [0.717, 1.165) is 38.1 Å². The van der Waals surface area contributed by atoms with E-state index >= 15 is 0 Å². The van der Waals surface area contributed by atoms with E-state index in [2.05, 4.69) is 15.1 Å². The maximum Gasteiger partial charge on any atom is 0.0594 e. The van der Waals surface area contributed by atoms with Crippen molar-refractivity contribution in [3.8, 4) is 0 Å². The number of hydrogen-bond donors (Lipinski definition) is 1. The molecule has 0 saturated carbocycles. The Morgan fingerprint density at radius 1 is 0.750 bits per heavy atom. The molecule has 0 atom stereocenters. The molecular weight excluding hydrogens is 250 g/mol. The number of nitrogens with zero attached hydrogens (tertiary/aromatic N) is 2. The van der Waals surface area contributed by atoms with Gasteiger partial charge in [0.25, 0.3) is 0 Å². The van der Waals surface area contributed by atoms with Crippen LogP contribution in [0.3, 0.4) is 0 Å². The Morgan fingerprint density at radius 3 is 1.95 bits per heavy atom. The van der Waals surface area contributed by atoms with E-state index in [1.54, 1.807) is 0 Å². The van der Waals surface area contributed by atoms with E-state index in [-0.39, 0.29) is 0 Å². The molecule has 4 heteroatoms. The minimum atomic E-state index is 0.928. The predicted octanol–water partition coefficient (Wildman–Crippen LogP) is 1.03. The summed E-state index contributed by atoms with van der Waals surface area (Å²) >= 11 is 0. The topological polar surface area (TPSA) is 27.7 Å². The molecule has 0 aromatic rings. The quantitative estimate of drug-likeness (QED) is 0.833. The predicted molar refractivity (Wildman–Crippen MR) is 82.0 cm³/mol. The molecule has 4 nitrogen and oxygen atoms in total. The van der Waals surface area contributed by atoms with E-state index in [1.165, 1.54) is 65.0 Å². The Kier molecular flexibility index (Phi) is 5.71. The number of nitrogens with one attached hydrogen (secondary N) is 1. The molecule has 0 bridgehead atoms. The van der Waals surface area contributed by atoms with E-state index in [1.807, 2.05) is 0 Å². The van der Waals surface area contributed by atoms with Gasteiger partial charge >= 0.3 is 0 Å². The zero-order valence-corrected chi connectivity index (χ0v) is 12.9. The Hall–Kier alpha value is -0.160. The summed E-state index contributed by atoms with van der Waals surface area (Å²) in [5.41, 5.74) is 0. The Balaban J connectivity index is 1.33. The first kappa shape index (κ1) is 14.8. The molecule has 0 spiro atoms. The Morgan fingerprint density at radius 2 is 1.30 bits per heavy atom. The Bertz CT molecular complexity index is 239. The van der Waals surface area contributed by atoms with E-state index in [0.29, 0.717) is 0 Å². The van der Waals surface area contributed by atoms with E-state index in [4.69, 9.17) is 4.74 Å². The fourth-order valence-electron chi connectivity index (χ4n) is 3.93. The fourth-order valence-corrected chi connectivity index (χ4v) is 3.93. The number of ether oxygens (including phenoxy) is 1. The first-order valence-corrected chi connectivity index (χ1v) is 8.63. The zero-order valence-electron chi connectivity index (χ0n) is 12.9. The van der Waals surface area contributed by atoms with Gasteiger partial charge in [0.15, 0.2) is 0 Å². The van der Waals surface area contributed by atoms with Crippen LogP contribution in [0.4, 0.5) is 0 Å². The number of morpholine rings is 1. The molecule has 20 heavy (non-hydrogen) atoms. The molecule has 3 aliphatic heterocycles. The largest absolute Gasteiger partial charge is 0.379 e. The maximum absolute atomic E-state index is 5.44. The van der Waals surface area contributed by atoms with Crippen LogP contribution in [0.5, 0.6) is 0 Å². The molecule has 3 fully saturated rings. The van der Waals surface area contributed by atoms with Crippen molar-refractivity contribution < 1.29 is 4.74 Å². The smallest absolute Gasteiger partial charge is 0.0594 e. The van der Waals surface area contributed by atoms with Gasteiger partial charge in [0.2, 0.25) is 0 Å². The van der Waals surface area contributed by atoms with E-state index in [9.17, 15) is 0 Å². The number of hydrogen-bond acceptors (Lipinski definition) is 4. The molecule has 0 aromatic carbocycles. The van der Waals surface area contributed by atoms with Crippen LogP contribution in [-0.4, -0.2) is 75.4 Å². The van der Waals surface area contributed by atoms with Crippen LogP contribution in [-0.2, 0) is 4.74 Å². The maximum atomic E-state index is 5.44. The van der Waals surface area contributed by atoms with Crippen molar-refractivity contribution in [3.63, 3.8) is 0 Å². The summed E-state index contributed by atoms with van der Waals surface area (Å²) in [5.74, 6) is 1.88. The second-order valence-electron chi connectivity index (χ2n) is 6.85. The van der Waals surface area contributed by atoms with Crippen LogP contribution in [0, 0.1) is 11.8 Å². The van der Waals surface area contributed by atoms with Crippen molar-refractivity contribution >= 4 is 0 Å². The summed E-state index contributed by atoms with van der Waals surface area (Å²) in [6.45, 7) is 12.0. The van der Waals surface area contributed by atoms with Gasteiger partial charge < -0.3 is 15.0 Å². The SMILES string of the molecule is C1CC(CN2CCC(CN3CCOCC3)CC2)CCN1. The van der Waals surface area contributed by atoms with Crippen LogP contribution in [0.25, 0.3) is 0 Å². The normalized spacial score (nSPS) is 28.8. The number of likely N-dealkylation sites (tertiary alicyclic amines) is 1. The number of rotatable bonds is 4. The van der Waals surface area contributed by atoms with Crippen LogP contribution in [0.2, 0.25) is 0 Å². The highest BCUT2D eigenvalue weighted by Gasteiger charge is 2.24. The molecule has 0 unspecified atom stereocenters. The van der Waals surface area contributed by atoms with Gasteiger partial charge in [-0.15, -0.1) is 0 Å². The van der Waals surface area contributed by atoms with E-state index < -0.39 is 0 Å². The first-order chi connectivity index (χ1) is 9.90. The van der Waals surface area contributed by atoms with Gasteiger partial charge in [0.1, 0.15) is 0 Å². The second-order valence-corrected chi connectivity index (χ2v) is 6.85. The monoisotopic (exact) mass is 281 g/mol. The highest BCUT2D eigenvalue weighted by atomic mass is 16.5. The highest BCUT2D eigenvalue weighted by molar-refractivity contribution is 4.79. The molecular formula is C16H31N3O. The van der Waals surface area contributed by atoms with Crippen molar-refractivity contribution in [2.24, 2.45) is 11.8 Å². The molecule has 116 valence electrons. The summed E-state index contributed by atoms with van der Waals surface area (Å²) in [5, 5.41) is 3.47. The first-order valence-electron chi connectivity index (χ1n) is 8.63. The lowest BCUT2D eigenvalue weighted by Gasteiger charge is -2.37. The van der Waals surface area contributed by atoms with Crippen LogP contribution >= 0.6 is 0 Å². The summed E-state index contributed by atoms with van der Waals surface area (Å²) in [7, 11) is 0. The van der Waals surface area contributed by atoms with Crippen molar-refractivity contribution in [1.29, 1.82) is 0 Å². The van der Waals surface area contributed by atoms with Gasteiger partial charge in [-0.3, -0.25) is 4.90 Å². The lowest BCUT2D eigenvalue weighted by Crippen LogP contribution is -2.44. The third kappa shape index (κ3) is 4.42. The molecule has 0 aromatic heterocycles. The summed E-state index contributed by atoms with van der Waals surface area (Å²) < 4.78 is 5.44. The molecule has 0 aliphatic carbocycles. The van der Waals surface area contributed by atoms with Gasteiger partial charge in [-0.1, -0.05) is 0 Å². The number of piperidine rings is 2. The Labute approximate surface area is 123 Å². The third-order valence-electron chi connectivity index (χ3n) is 5.30. The molecule has 3 heterocycles. The standard InChI is InChI=1S/C16H31N3O/c1-5-17-6-2-15(1)13-18-7-3-16(4-8-18)14-19-9-11-20-12-10-19/h15-17H,1-14H2. The van der Waals surface area contributed by atoms with Gasteiger partial charge in [-0.2, -0.15) is 0 Å². The average Bonchev–Trinajstić information content (AvgIpc) is 2.51. The van der Waals surface area contributed by atoms with Gasteiger partial charge in [-0.25, -0.2) is 0 Å². The van der Waals surface area contributed by atoms with Gasteiger partial charge in [0.05, 0.1) is 13.2 Å². The molecule has 1 N–H and O–H groups in total. The average molecular weight is 281 g/mol. The van der Waals surface area contributed by atoms with Crippen LogP contribution in [0.15, 0.2) is 0 Å². The molecule has 0 radical (unpaired) electrons. The second kappa shape index (κ2) is 7.74. The molecule has 3 saturated heterocycles. The molecule has 0 amide bonds. The van der Waals surface area contributed by atoms with Crippen LogP contribution < -0.4 is 5.32 Å². The lowest BCUT2D eigenvalue weighted by atomic mass is 9.93. The minimum Gasteiger partial charge on any atom is -0.379 e. The zero-order chi connectivity index (χ0) is 13.6. The van der Waals surface area contributed by atoms with Crippen molar-refractivity contribution in [3.05, 3.63) is 0 Å². The van der Waals surface area contributed by atoms with Gasteiger partial charge in [0, 0.05) is 26.2 Å². The minimum absolute atomic E-state index is 0.928. The summed E-state index contributed by atoms with van der Waals surface area (Å²) in [6.07, 6.45) is 5.58. The van der Waals surface area contributed by atoms with Crippen LogP contribution in [0.1, 0.15) is 25.7 Å². The van der Waals surface area contributed by atoms with Crippen molar-refractivity contribution in [2.75, 3.05) is 65.6 Å². The summed E-state index contributed by atoms with van der Waals surface area (Å²) in [6, 6.07) is 0.